The van der Waals surface area contributed by atoms with Crippen molar-refractivity contribution < 1.29 is 33.3 Å². The van der Waals surface area contributed by atoms with Gasteiger partial charge in [-0.1, -0.05) is 0 Å². The summed E-state index contributed by atoms with van der Waals surface area (Å²) >= 11 is 0. The second kappa shape index (κ2) is 12.3. The summed E-state index contributed by atoms with van der Waals surface area (Å²) in [4.78, 5) is 38.2. The fraction of sp³-hybridized carbons (Fsp3) is 0.375. The number of hydrogen-bond donors (Lipinski definition) is 1. The zero-order valence-corrected chi connectivity index (χ0v) is 19.6. The molecule has 0 atom stereocenters. The molecule has 2 aromatic carbocycles. The topological polar surface area (TPSA) is 103 Å². The number of nitrogens with one attached hydrogen (secondary N) is 1. The molecule has 0 heterocycles. The van der Waals surface area contributed by atoms with Gasteiger partial charge in [0.05, 0.1) is 25.4 Å². The lowest BCUT2D eigenvalue weighted by Crippen LogP contribution is -2.22. The second-order valence-corrected chi connectivity index (χ2v) is 7.00. The summed E-state index contributed by atoms with van der Waals surface area (Å²) in [6, 6.07) is 9.41. The Hall–Kier alpha value is -3.75. The van der Waals surface area contributed by atoms with E-state index in [1.54, 1.807) is 38.4 Å². The average Bonchev–Trinajstić information content (AvgIpc) is 2.79. The zero-order valence-electron chi connectivity index (χ0n) is 19.6. The molecule has 178 valence electrons. The van der Waals surface area contributed by atoms with E-state index in [2.05, 4.69) is 5.32 Å². The van der Waals surface area contributed by atoms with Crippen LogP contribution >= 0.6 is 0 Å². The Morgan fingerprint density at radius 1 is 0.818 bits per heavy atom. The minimum Gasteiger partial charge on any atom is -0.490 e. The Kier molecular flexibility index (Phi) is 9.53. The third-order valence-electron chi connectivity index (χ3n) is 4.30. The highest BCUT2D eigenvalue weighted by molar-refractivity contribution is 5.97. The SMILES string of the molecule is CCOc1cc(C(=O)OCC(=O)Nc2ccc(C(=O)N(C)C)cc2)cc(OCC)c1OCC. The standard InChI is InChI=1S/C24H30N2O7/c1-6-30-19-13-17(14-20(31-7-2)22(19)32-8-3)24(29)33-15-21(27)25-18-11-9-16(10-12-18)23(28)26(4)5/h9-14H,6-8,15H2,1-5H3,(H,25,27). The molecular formula is C24H30N2O7. The van der Waals surface area contributed by atoms with E-state index >= 15 is 0 Å². The van der Waals surface area contributed by atoms with Gasteiger partial charge in [-0.3, -0.25) is 9.59 Å². The van der Waals surface area contributed by atoms with E-state index in [0.717, 1.165) is 0 Å². The molecule has 33 heavy (non-hydrogen) atoms. The van der Waals surface area contributed by atoms with Crippen LogP contribution in [0.4, 0.5) is 5.69 Å². The molecule has 0 radical (unpaired) electrons. The molecule has 2 rings (SSSR count). The van der Waals surface area contributed by atoms with Gasteiger partial charge in [0.15, 0.2) is 18.1 Å². The van der Waals surface area contributed by atoms with E-state index in [0.29, 0.717) is 48.3 Å². The first kappa shape index (κ1) is 25.5. The summed E-state index contributed by atoms with van der Waals surface area (Å²) in [5, 5.41) is 2.62. The third kappa shape index (κ3) is 7.13. The predicted molar refractivity (Wildman–Crippen MR) is 123 cm³/mol. The smallest absolute Gasteiger partial charge is 0.338 e. The van der Waals surface area contributed by atoms with Crippen LogP contribution in [0.1, 0.15) is 41.5 Å². The Labute approximate surface area is 193 Å². The maximum Gasteiger partial charge on any atom is 0.338 e. The first-order chi connectivity index (χ1) is 15.8. The van der Waals surface area contributed by atoms with Gasteiger partial charge in [0, 0.05) is 25.3 Å². The molecule has 0 aliphatic heterocycles. The fourth-order valence-electron chi connectivity index (χ4n) is 2.87. The summed E-state index contributed by atoms with van der Waals surface area (Å²) in [5.41, 5.74) is 1.14. The number of carbonyl (C=O) groups excluding carboxylic acids is 3. The van der Waals surface area contributed by atoms with Crippen LogP contribution in [0.3, 0.4) is 0 Å². The summed E-state index contributed by atoms with van der Waals surface area (Å²) in [6.07, 6.45) is 0. The van der Waals surface area contributed by atoms with E-state index < -0.39 is 18.5 Å². The number of carbonyl (C=O) groups is 3. The lowest BCUT2D eigenvalue weighted by atomic mass is 10.2. The van der Waals surface area contributed by atoms with Gasteiger partial charge >= 0.3 is 5.97 Å². The molecule has 0 saturated carbocycles. The van der Waals surface area contributed by atoms with Crippen LogP contribution in [0.25, 0.3) is 0 Å². The zero-order chi connectivity index (χ0) is 24.4. The minimum absolute atomic E-state index is 0.144. The van der Waals surface area contributed by atoms with E-state index in [9.17, 15) is 14.4 Å². The van der Waals surface area contributed by atoms with E-state index in [4.69, 9.17) is 18.9 Å². The summed E-state index contributed by atoms with van der Waals surface area (Å²) in [5.74, 6) is -0.247. The first-order valence-electron chi connectivity index (χ1n) is 10.7. The number of rotatable bonds is 11. The quantitative estimate of drug-likeness (QED) is 0.515. The van der Waals surface area contributed by atoms with Crippen molar-refractivity contribution in [3.8, 4) is 17.2 Å². The van der Waals surface area contributed by atoms with Crippen LogP contribution in [-0.4, -0.2) is 63.2 Å². The second-order valence-electron chi connectivity index (χ2n) is 7.00. The number of ether oxygens (including phenoxy) is 4. The molecule has 2 aromatic rings. The largest absolute Gasteiger partial charge is 0.490 e. The van der Waals surface area contributed by atoms with Crippen LogP contribution < -0.4 is 19.5 Å². The number of nitrogens with zero attached hydrogens (tertiary/aromatic N) is 1. The maximum absolute atomic E-state index is 12.6. The molecule has 0 aliphatic rings. The van der Waals surface area contributed by atoms with Crippen molar-refractivity contribution in [2.24, 2.45) is 0 Å². The maximum atomic E-state index is 12.6. The number of benzene rings is 2. The van der Waals surface area contributed by atoms with Crippen LogP contribution in [0.2, 0.25) is 0 Å². The molecule has 0 bridgehead atoms. The molecule has 0 aliphatic carbocycles. The fourth-order valence-corrected chi connectivity index (χ4v) is 2.87. The molecular weight excluding hydrogens is 428 g/mol. The highest BCUT2D eigenvalue weighted by Crippen LogP contribution is 2.39. The minimum atomic E-state index is -0.706. The van der Waals surface area contributed by atoms with Crippen LogP contribution in [-0.2, 0) is 9.53 Å². The lowest BCUT2D eigenvalue weighted by Gasteiger charge is -2.16. The van der Waals surface area contributed by atoms with Gasteiger partial charge < -0.3 is 29.2 Å². The van der Waals surface area contributed by atoms with Gasteiger partial charge in [0.25, 0.3) is 11.8 Å². The molecule has 0 unspecified atom stereocenters. The Morgan fingerprint density at radius 2 is 1.36 bits per heavy atom. The Morgan fingerprint density at radius 3 is 1.85 bits per heavy atom. The van der Waals surface area contributed by atoms with Crippen molar-refractivity contribution >= 4 is 23.5 Å². The Bertz CT molecular complexity index is 944. The van der Waals surface area contributed by atoms with Gasteiger partial charge in [-0.15, -0.1) is 0 Å². The predicted octanol–water partition coefficient (Wildman–Crippen LogP) is 3.38. The number of amides is 2. The highest BCUT2D eigenvalue weighted by atomic mass is 16.5. The van der Waals surface area contributed by atoms with Crippen LogP contribution in [0.5, 0.6) is 17.2 Å². The lowest BCUT2D eigenvalue weighted by molar-refractivity contribution is -0.119. The van der Waals surface area contributed by atoms with Gasteiger partial charge in [-0.2, -0.15) is 0 Å². The molecule has 0 spiro atoms. The third-order valence-corrected chi connectivity index (χ3v) is 4.30. The number of hydrogen-bond acceptors (Lipinski definition) is 7. The van der Waals surface area contributed by atoms with Crippen molar-refractivity contribution in [1.29, 1.82) is 0 Å². The molecule has 0 fully saturated rings. The number of esters is 1. The molecule has 0 saturated heterocycles. The Balaban J connectivity index is 2.05. The first-order valence-corrected chi connectivity index (χ1v) is 10.7. The molecule has 1 N–H and O–H groups in total. The summed E-state index contributed by atoms with van der Waals surface area (Å²) in [6.45, 7) is 6.10. The molecule has 9 nitrogen and oxygen atoms in total. The normalized spacial score (nSPS) is 10.2. The van der Waals surface area contributed by atoms with Crippen molar-refractivity contribution in [3.05, 3.63) is 47.5 Å². The average molecular weight is 459 g/mol. The summed E-state index contributed by atoms with van der Waals surface area (Å²) in [7, 11) is 3.32. The van der Waals surface area contributed by atoms with Gasteiger partial charge in [-0.05, 0) is 57.2 Å². The van der Waals surface area contributed by atoms with Crippen LogP contribution in [0, 0.1) is 0 Å². The molecule has 2 amide bonds. The molecule has 9 heteroatoms. The van der Waals surface area contributed by atoms with Gasteiger partial charge in [0.1, 0.15) is 0 Å². The van der Waals surface area contributed by atoms with E-state index in [-0.39, 0.29) is 11.5 Å². The monoisotopic (exact) mass is 458 g/mol. The summed E-state index contributed by atoms with van der Waals surface area (Å²) < 4.78 is 22.0. The van der Waals surface area contributed by atoms with Crippen LogP contribution in [0.15, 0.2) is 36.4 Å². The number of anilines is 1. The highest BCUT2D eigenvalue weighted by Gasteiger charge is 2.20. The van der Waals surface area contributed by atoms with Crippen molar-refractivity contribution in [2.45, 2.75) is 20.8 Å². The van der Waals surface area contributed by atoms with Gasteiger partial charge in [-0.25, -0.2) is 4.79 Å². The van der Waals surface area contributed by atoms with E-state index in [1.165, 1.54) is 17.0 Å². The molecule has 0 aromatic heterocycles. The van der Waals surface area contributed by atoms with Crippen molar-refractivity contribution in [1.82, 2.24) is 4.90 Å². The van der Waals surface area contributed by atoms with E-state index in [1.807, 2.05) is 20.8 Å². The van der Waals surface area contributed by atoms with Crippen molar-refractivity contribution in [2.75, 3.05) is 45.8 Å². The van der Waals surface area contributed by atoms with Crippen molar-refractivity contribution in [3.63, 3.8) is 0 Å². The van der Waals surface area contributed by atoms with Gasteiger partial charge in [0.2, 0.25) is 5.75 Å².